The summed E-state index contributed by atoms with van der Waals surface area (Å²) in [7, 11) is 0. The molecule has 4 heteroatoms. The van der Waals surface area contributed by atoms with Crippen molar-refractivity contribution < 1.29 is 9.47 Å². The standard InChI is InChI=1S/C15H20ClNO2/c1-2-15(4-3-5-15)9-17-8-11-6-12(16)14-13(7-11)18-10-19-14/h6-7,17H,2-5,8-10H2,1H3. The third-order valence-electron chi connectivity index (χ3n) is 4.48. The molecule has 1 N–H and O–H groups in total. The van der Waals surface area contributed by atoms with Crippen LogP contribution in [0.1, 0.15) is 38.2 Å². The van der Waals surface area contributed by atoms with E-state index in [1.54, 1.807) is 0 Å². The van der Waals surface area contributed by atoms with Crippen molar-refractivity contribution in [2.45, 2.75) is 39.2 Å². The molecule has 0 aromatic heterocycles. The molecule has 0 atom stereocenters. The maximum Gasteiger partial charge on any atom is 0.231 e. The first-order valence-electron chi connectivity index (χ1n) is 7.01. The molecule has 2 aliphatic rings. The number of rotatable bonds is 5. The molecule has 1 aliphatic carbocycles. The van der Waals surface area contributed by atoms with E-state index in [9.17, 15) is 0 Å². The molecule has 19 heavy (non-hydrogen) atoms. The summed E-state index contributed by atoms with van der Waals surface area (Å²) < 4.78 is 10.7. The van der Waals surface area contributed by atoms with Crippen LogP contribution in [0.5, 0.6) is 11.5 Å². The first-order chi connectivity index (χ1) is 9.22. The summed E-state index contributed by atoms with van der Waals surface area (Å²) in [5.74, 6) is 1.44. The van der Waals surface area contributed by atoms with Gasteiger partial charge in [0, 0.05) is 13.1 Å². The van der Waals surface area contributed by atoms with Gasteiger partial charge >= 0.3 is 0 Å². The lowest BCUT2D eigenvalue weighted by molar-refractivity contribution is 0.124. The molecule has 0 radical (unpaired) electrons. The highest BCUT2D eigenvalue weighted by atomic mass is 35.5. The topological polar surface area (TPSA) is 30.5 Å². The highest BCUT2D eigenvalue weighted by Crippen LogP contribution is 2.43. The van der Waals surface area contributed by atoms with Crippen LogP contribution in [0, 0.1) is 5.41 Å². The number of benzene rings is 1. The fourth-order valence-corrected chi connectivity index (χ4v) is 3.21. The highest BCUT2D eigenvalue weighted by molar-refractivity contribution is 6.32. The van der Waals surface area contributed by atoms with Crippen molar-refractivity contribution >= 4 is 11.6 Å². The fraction of sp³-hybridized carbons (Fsp3) is 0.600. The van der Waals surface area contributed by atoms with Crippen LogP contribution in [0.2, 0.25) is 5.02 Å². The van der Waals surface area contributed by atoms with Gasteiger partial charge in [-0.05, 0) is 42.4 Å². The molecule has 0 amide bonds. The van der Waals surface area contributed by atoms with Gasteiger partial charge < -0.3 is 14.8 Å². The van der Waals surface area contributed by atoms with Gasteiger partial charge in [0.2, 0.25) is 6.79 Å². The lowest BCUT2D eigenvalue weighted by Gasteiger charge is -2.41. The van der Waals surface area contributed by atoms with E-state index in [0.29, 0.717) is 16.2 Å². The summed E-state index contributed by atoms with van der Waals surface area (Å²) >= 11 is 6.18. The minimum absolute atomic E-state index is 0.269. The van der Waals surface area contributed by atoms with E-state index in [-0.39, 0.29) is 6.79 Å². The maximum absolute atomic E-state index is 6.18. The maximum atomic E-state index is 6.18. The minimum atomic E-state index is 0.269. The van der Waals surface area contributed by atoms with Gasteiger partial charge in [-0.2, -0.15) is 0 Å². The van der Waals surface area contributed by atoms with Crippen molar-refractivity contribution in [3.05, 3.63) is 22.7 Å². The third-order valence-corrected chi connectivity index (χ3v) is 4.76. The molecule has 0 bridgehead atoms. The number of ether oxygens (including phenoxy) is 2. The molecule has 1 fully saturated rings. The molecule has 1 saturated carbocycles. The number of nitrogens with one attached hydrogen (secondary N) is 1. The molecule has 1 heterocycles. The van der Waals surface area contributed by atoms with Crippen molar-refractivity contribution in [2.75, 3.05) is 13.3 Å². The second kappa shape index (κ2) is 5.22. The molecule has 0 spiro atoms. The molecule has 1 aliphatic heterocycles. The van der Waals surface area contributed by atoms with Crippen molar-refractivity contribution in [1.29, 1.82) is 0 Å². The first kappa shape index (κ1) is 13.1. The van der Waals surface area contributed by atoms with Gasteiger partial charge in [-0.3, -0.25) is 0 Å². The predicted molar refractivity (Wildman–Crippen MR) is 75.9 cm³/mol. The summed E-state index contributed by atoms with van der Waals surface area (Å²) in [5.41, 5.74) is 1.69. The summed E-state index contributed by atoms with van der Waals surface area (Å²) in [6.07, 6.45) is 5.37. The van der Waals surface area contributed by atoms with E-state index in [4.69, 9.17) is 21.1 Å². The Balaban J connectivity index is 1.60. The van der Waals surface area contributed by atoms with Gasteiger partial charge in [0.1, 0.15) is 0 Å². The van der Waals surface area contributed by atoms with Crippen molar-refractivity contribution in [2.24, 2.45) is 5.41 Å². The molecule has 3 nitrogen and oxygen atoms in total. The van der Waals surface area contributed by atoms with Gasteiger partial charge in [0.15, 0.2) is 11.5 Å². The number of hydrogen-bond donors (Lipinski definition) is 1. The van der Waals surface area contributed by atoms with E-state index in [1.165, 1.54) is 25.7 Å². The number of halogens is 1. The fourth-order valence-electron chi connectivity index (χ4n) is 2.93. The zero-order valence-electron chi connectivity index (χ0n) is 11.3. The van der Waals surface area contributed by atoms with Gasteiger partial charge in [-0.25, -0.2) is 0 Å². The van der Waals surface area contributed by atoms with Gasteiger partial charge in [-0.1, -0.05) is 24.9 Å². The highest BCUT2D eigenvalue weighted by Gasteiger charge is 2.34. The Bertz CT molecular complexity index is 466. The van der Waals surface area contributed by atoms with Gasteiger partial charge in [-0.15, -0.1) is 0 Å². The van der Waals surface area contributed by atoms with Crippen LogP contribution in [0.15, 0.2) is 12.1 Å². The summed E-state index contributed by atoms with van der Waals surface area (Å²) in [6.45, 7) is 4.48. The van der Waals surface area contributed by atoms with Crippen LogP contribution in [0.3, 0.4) is 0 Å². The lowest BCUT2D eigenvalue weighted by atomic mass is 9.67. The Kier molecular flexibility index (Phi) is 3.59. The smallest absolute Gasteiger partial charge is 0.231 e. The minimum Gasteiger partial charge on any atom is -0.454 e. The van der Waals surface area contributed by atoms with E-state index in [0.717, 1.165) is 24.4 Å². The summed E-state index contributed by atoms with van der Waals surface area (Å²) in [5, 5.41) is 4.20. The van der Waals surface area contributed by atoms with Crippen LogP contribution in [-0.4, -0.2) is 13.3 Å². The van der Waals surface area contributed by atoms with E-state index < -0.39 is 0 Å². The van der Waals surface area contributed by atoms with Crippen LogP contribution in [0.25, 0.3) is 0 Å². The lowest BCUT2D eigenvalue weighted by Crippen LogP contribution is -2.39. The van der Waals surface area contributed by atoms with Crippen LogP contribution >= 0.6 is 11.6 Å². The monoisotopic (exact) mass is 281 g/mol. The number of hydrogen-bond acceptors (Lipinski definition) is 3. The van der Waals surface area contributed by atoms with Crippen molar-refractivity contribution in [1.82, 2.24) is 5.32 Å². The molecule has 104 valence electrons. The molecule has 0 saturated heterocycles. The molecular weight excluding hydrogens is 262 g/mol. The van der Waals surface area contributed by atoms with Crippen LogP contribution in [0.4, 0.5) is 0 Å². The molecular formula is C15H20ClNO2. The second-order valence-electron chi connectivity index (χ2n) is 5.62. The average Bonchev–Trinajstić information content (AvgIpc) is 2.81. The Morgan fingerprint density at radius 3 is 2.84 bits per heavy atom. The quantitative estimate of drug-likeness (QED) is 0.892. The van der Waals surface area contributed by atoms with Gasteiger partial charge in [0.25, 0.3) is 0 Å². The predicted octanol–water partition coefficient (Wildman–Crippen LogP) is 3.74. The zero-order chi connectivity index (χ0) is 13.3. The second-order valence-corrected chi connectivity index (χ2v) is 6.03. The summed E-state index contributed by atoms with van der Waals surface area (Å²) in [6, 6.07) is 3.97. The molecule has 3 rings (SSSR count). The zero-order valence-corrected chi connectivity index (χ0v) is 12.1. The third kappa shape index (κ3) is 2.54. The van der Waals surface area contributed by atoms with Crippen molar-refractivity contribution in [3.63, 3.8) is 0 Å². The Hall–Kier alpha value is -0.930. The first-order valence-corrected chi connectivity index (χ1v) is 7.39. The van der Waals surface area contributed by atoms with Gasteiger partial charge in [0.05, 0.1) is 5.02 Å². The normalized spacial score (nSPS) is 19.3. The van der Waals surface area contributed by atoms with E-state index >= 15 is 0 Å². The van der Waals surface area contributed by atoms with Crippen LogP contribution < -0.4 is 14.8 Å². The molecule has 0 unspecified atom stereocenters. The van der Waals surface area contributed by atoms with E-state index in [1.807, 2.05) is 12.1 Å². The number of fused-ring (bicyclic) bond motifs is 1. The molecule has 1 aromatic carbocycles. The SMILES string of the molecule is CCC1(CNCc2cc(Cl)c3c(c2)OCO3)CCC1. The largest absolute Gasteiger partial charge is 0.454 e. The Morgan fingerprint density at radius 2 is 2.16 bits per heavy atom. The Morgan fingerprint density at radius 1 is 1.32 bits per heavy atom. The van der Waals surface area contributed by atoms with E-state index in [2.05, 4.69) is 12.2 Å². The van der Waals surface area contributed by atoms with Crippen molar-refractivity contribution in [3.8, 4) is 11.5 Å². The average molecular weight is 282 g/mol. The molecule has 1 aromatic rings. The Labute approximate surface area is 119 Å². The summed E-state index contributed by atoms with van der Waals surface area (Å²) in [4.78, 5) is 0. The van der Waals surface area contributed by atoms with Crippen LogP contribution in [-0.2, 0) is 6.54 Å².